The van der Waals surface area contributed by atoms with Crippen molar-refractivity contribution in [2.45, 2.75) is 19.3 Å². The lowest BCUT2D eigenvalue weighted by Gasteiger charge is -2.00. The molecule has 13 heavy (non-hydrogen) atoms. The molecule has 0 unspecified atom stereocenters. The molecule has 0 atom stereocenters. The van der Waals surface area contributed by atoms with Gasteiger partial charge in [-0.1, -0.05) is 11.3 Å². The van der Waals surface area contributed by atoms with E-state index in [1.54, 1.807) is 6.20 Å². The summed E-state index contributed by atoms with van der Waals surface area (Å²) in [4.78, 5) is 3.96. The molecule has 0 amide bonds. The SMILES string of the molecule is Nc1cnc(OCCCCCO)s1. The first-order valence-corrected chi connectivity index (χ1v) is 5.09. The molecular weight excluding hydrogens is 188 g/mol. The molecule has 74 valence electrons. The molecule has 0 aliphatic carbocycles. The number of thiazole rings is 1. The highest BCUT2D eigenvalue weighted by molar-refractivity contribution is 7.17. The molecule has 0 radical (unpaired) electrons. The molecule has 1 aromatic rings. The van der Waals surface area contributed by atoms with E-state index in [-0.39, 0.29) is 6.61 Å². The van der Waals surface area contributed by atoms with Gasteiger partial charge in [-0.3, -0.25) is 0 Å². The maximum absolute atomic E-state index is 8.52. The van der Waals surface area contributed by atoms with E-state index < -0.39 is 0 Å². The van der Waals surface area contributed by atoms with Gasteiger partial charge in [0, 0.05) is 6.61 Å². The highest BCUT2D eigenvalue weighted by atomic mass is 32.1. The Hall–Kier alpha value is -0.810. The van der Waals surface area contributed by atoms with Gasteiger partial charge in [-0.05, 0) is 19.3 Å². The van der Waals surface area contributed by atoms with Crippen LogP contribution < -0.4 is 10.5 Å². The Kier molecular flexibility index (Phi) is 4.56. The summed E-state index contributed by atoms with van der Waals surface area (Å²) in [6, 6.07) is 0. The molecule has 0 saturated carbocycles. The first-order valence-electron chi connectivity index (χ1n) is 4.28. The number of aliphatic hydroxyl groups excluding tert-OH is 1. The van der Waals surface area contributed by atoms with E-state index in [2.05, 4.69) is 4.98 Å². The van der Waals surface area contributed by atoms with E-state index in [9.17, 15) is 0 Å². The molecule has 1 aromatic heterocycles. The van der Waals surface area contributed by atoms with Gasteiger partial charge in [0.25, 0.3) is 5.19 Å². The van der Waals surface area contributed by atoms with Crippen LogP contribution in [-0.2, 0) is 0 Å². The molecule has 4 nitrogen and oxygen atoms in total. The largest absolute Gasteiger partial charge is 0.470 e. The minimum absolute atomic E-state index is 0.254. The monoisotopic (exact) mass is 202 g/mol. The van der Waals surface area contributed by atoms with Gasteiger partial charge in [0.1, 0.15) is 5.00 Å². The number of hydrogen-bond donors (Lipinski definition) is 2. The maximum atomic E-state index is 8.52. The van der Waals surface area contributed by atoms with Crippen LogP contribution in [0.25, 0.3) is 0 Å². The summed E-state index contributed by atoms with van der Waals surface area (Å²) in [5.41, 5.74) is 5.47. The van der Waals surface area contributed by atoms with Crippen LogP contribution in [0.2, 0.25) is 0 Å². The summed E-state index contributed by atoms with van der Waals surface area (Å²) >= 11 is 1.35. The second-order valence-electron chi connectivity index (χ2n) is 2.66. The predicted octanol–water partition coefficient (Wildman–Crippen LogP) is 1.27. The molecule has 1 rings (SSSR count). The number of ether oxygens (including phenoxy) is 1. The van der Waals surface area contributed by atoms with E-state index in [0.717, 1.165) is 19.3 Å². The van der Waals surface area contributed by atoms with Gasteiger partial charge in [0.05, 0.1) is 12.8 Å². The van der Waals surface area contributed by atoms with Gasteiger partial charge in [-0.25, -0.2) is 4.98 Å². The van der Waals surface area contributed by atoms with Crippen molar-refractivity contribution in [2.24, 2.45) is 0 Å². The van der Waals surface area contributed by atoms with Gasteiger partial charge in [0.15, 0.2) is 0 Å². The number of aliphatic hydroxyl groups is 1. The number of hydrogen-bond acceptors (Lipinski definition) is 5. The summed E-state index contributed by atoms with van der Waals surface area (Å²) in [7, 11) is 0. The van der Waals surface area contributed by atoms with Crippen molar-refractivity contribution in [1.82, 2.24) is 4.98 Å². The number of nitrogens with zero attached hydrogens (tertiary/aromatic N) is 1. The van der Waals surface area contributed by atoms with Crippen molar-refractivity contribution < 1.29 is 9.84 Å². The standard InChI is InChI=1S/C8H14N2O2S/c9-7-6-10-8(13-7)12-5-3-1-2-4-11/h6,11H,1-5,9H2. The third-order valence-corrected chi connectivity index (χ3v) is 2.27. The third kappa shape index (κ3) is 4.10. The van der Waals surface area contributed by atoms with E-state index in [0.29, 0.717) is 16.8 Å². The van der Waals surface area contributed by atoms with Crippen molar-refractivity contribution in [1.29, 1.82) is 0 Å². The topological polar surface area (TPSA) is 68.4 Å². The van der Waals surface area contributed by atoms with Crippen LogP contribution in [0.1, 0.15) is 19.3 Å². The Balaban J connectivity index is 2.06. The molecule has 0 aromatic carbocycles. The van der Waals surface area contributed by atoms with E-state index in [4.69, 9.17) is 15.6 Å². The van der Waals surface area contributed by atoms with E-state index >= 15 is 0 Å². The minimum Gasteiger partial charge on any atom is -0.470 e. The van der Waals surface area contributed by atoms with Crippen LogP contribution in [-0.4, -0.2) is 23.3 Å². The second-order valence-corrected chi connectivity index (χ2v) is 3.69. The van der Waals surface area contributed by atoms with Crippen LogP contribution in [0.5, 0.6) is 5.19 Å². The normalized spacial score (nSPS) is 10.2. The zero-order valence-electron chi connectivity index (χ0n) is 7.40. The number of aromatic nitrogens is 1. The summed E-state index contributed by atoms with van der Waals surface area (Å²) in [5, 5.41) is 9.82. The lowest BCUT2D eigenvalue weighted by atomic mass is 10.2. The third-order valence-electron chi connectivity index (χ3n) is 1.53. The van der Waals surface area contributed by atoms with Crippen molar-refractivity contribution in [3.63, 3.8) is 0 Å². The van der Waals surface area contributed by atoms with Gasteiger partial charge < -0.3 is 15.6 Å². The van der Waals surface area contributed by atoms with Crippen LogP contribution in [0, 0.1) is 0 Å². The Morgan fingerprint density at radius 1 is 1.46 bits per heavy atom. The van der Waals surface area contributed by atoms with Crippen LogP contribution >= 0.6 is 11.3 Å². The molecule has 0 bridgehead atoms. The van der Waals surface area contributed by atoms with Gasteiger partial charge in [-0.15, -0.1) is 0 Å². The van der Waals surface area contributed by atoms with Crippen molar-refractivity contribution in [3.8, 4) is 5.19 Å². The van der Waals surface area contributed by atoms with E-state index in [1.165, 1.54) is 11.3 Å². The fourth-order valence-electron chi connectivity index (χ4n) is 0.887. The van der Waals surface area contributed by atoms with Crippen LogP contribution in [0.4, 0.5) is 5.00 Å². The molecule has 0 saturated heterocycles. The number of nitrogens with two attached hydrogens (primary N) is 1. The Morgan fingerprint density at radius 3 is 2.92 bits per heavy atom. The van der Waals surface area contributed by atoms with Crippen LogP contribution in [0.15, 0.2) is 6.20 Å². The molecule has 5 heteroatoms. The van der Waals surface area contributed by atoms with Crippen molar-refractivity contribution >= 4 is 16.3 Å². The maximum Gasteiger partial charge on any atom is 0.275 e. The number of anilines is 1. The highest BCUT2D eigenvalue weighted by Crippen LogP contribution is 2.21. The smallest absolute Gasteiger partial charge is 0.275 e. The molecule has 1 heterocycles. The van der Waals surface area contributed by atoms with Gasteiger partial charge in [-0.2, -0.15) is 0 Å². The summed E-state index contributed by atoms with van der Waals surface area (Å²) in [5.74, 6) is 0. The molecule has 3 N–H and O–H groups in total. The molecular formula is C8H14N2O2S. The minimum atomic E-state index is 0.254. The summed E-state index contributed by atoms with van der Waals surface area (Å²) in [6.45, 7) is 0.900. The Morgan fingerprint density at radius 2 is 2.31 bits per heavy atom. The van der Waals surface area contributed by atoms with Crippen molar-refractivity contribution in [3.05, 3.63) is 6.20 Å². The molecule has 0 fully saturated rings. The van der Waals surface area contributed by atoms with Crippen molar-refractivity contribution in [2.75, 3.05) is 18.9 Å². The predicted molar refractivity (Wildman–Crippen MR) is 53.0 cm³/mol. The lowest BCUT2D eigenvalue weighted by Crippen LogP contribution is -1.97. The second kappa shape index (κ2) is 5.77. The quantitative estimate of drug-likeness (QED) is 0.681. The van der Waals surface area contributed by atoms with Gasteiger partial charge in [0.2, 0.25) is 0 Å². The first kappa shape index (κ1) is 10.3. The zero-order chi connectivity index (χ0) is 9.52. The molecule has 0 spiro atoms. The molecule has 0 aliphatic heterocycles. The number of unbranched alkanes of at least 4 members (excludes halogenated alkanes) is 2. The van der Waals surface area contributed by atoms with Crippen LogP contribution in [0.3, 0.4) is 0 Å². The lowest BCUT2D eigenvalue weighted by molar-refractivity contribution is 0.265. The average molecular weight is 202 g/mol. The summed E-state index contributed by atoms with van der Waals surface area (Å²) < 4.78 is 5.32. The average Bonchev–Trinajstić information content (AvgIpc) is 2.51. The fraction of sp³-hybridized carbons (Fsp3) is 0.625. The molecule has 0 aliphatic rings. The Labute approximate surface area is 81.4 Å². The number of nitrogen functional groups attached to an aromatic ring is 1. The van der Waals surface area contributed by atoms with Gasteiger partial charge >= 0.3 is 0 Å². The zero-order valence-corrected chi connectivity index (χ0v) is 8.22. The highest BCUT2D eigenvalue weighted by Gasteiger charge is 1.98. The number of rotatable bonds is 6. The fourth-order valence-corrected chi connectivity index (χ4v) is 1.44. The Bertz CT molecular complexity index is 240. The summed E-state index contributed by atoms with van der Waals surface area (Å²) in [6.07, 6.45) is 4.36. The first-order chi connectivity index (χ1) is 6.33. The van der Waals surface area contributed by atoms with E-state index in [1.807, 2.05) is 0 Å².